The molecule has 114 valence electrons. The average molecular weight is 297 g/mol. The summed E-state index contributed by atoms with van der Waals surface area (Å²) >= 11 is 0. The van der Waals surface area contributed by atoms with Crippen LogP contribution in [-0.4, -0.2) is 23.0 Å². The van der Waals surface area contributed by atoms with Crippen LogP contribution in [0, 0.1) is 0 Å². The molecule has 0 spiro atoms. The van der Waals surface area contributed by atoms with Crippen molar-refractivity contribution in [3.63, 3.8) is 0 Å². The van der Waals surface area contributed by atoms with Gasteiger partial charge in [-0.05, 0) is 37.1 Å². The van der Waals surface area contributed by atoms with E-state index in [1.165, 1.54) is 0 Å². The summed E-state index contributed by atoms with van der Waals surface area (Å²) in [7, 11) is 0. The number of benzene rings is 2. The molecule has 2 aromatic rings. The molecule has 4 nitrogen and oxygen atoms in total. The van der Waals surface area contributed by atoms with Crippen molar-refractivity contribution in [3.8, 4) is 0 Å². The number of hydrogen-bond donors (Lipinski definition) is 2. The molecule has 2 rings (SSSR count). The maximum Gasteiger partial charge on any atom is 0.326 e. The first-order valence-corrected chi connectivity index (χ1v) is 7.14. The van der Waals surface area contributed by atoms with E-state index in [9.17, 15) is 14.7 Å². The first kappa shape index (κ1) is 15.8. The van der Waals surface area contributed by atoms with E-state index in [4.69, 9.17) is 0 Å². The predicted molar refractivity (Wildman–Crippen MR) is 86.9 cm³/mol. The van der Waals surface area contributed by atoms with Crippen molar-refractivity contribution in [3.05, 3.63) is 59.7 Å². The van der Waals surface area contributed by atoms with E-state index < -0.39 is 12.0 Å². The van der Waals surface area contributed by atoms with Crippen molar-refractivity contribution in [1.29, 1.82) is 0 Å². The van der Waals surface area contributed by atoms with E-state index in [-0.39, 0.29) is 12.3 Å². The molecular weight excluding hydrogens is 278 g/mol. The van der Waals surface area contributed by atoms with Crippen molar-refractivity contribution in [1.82, 2.24) is 5.32 Å². The third kappa shape index (κ3) is 3.73. The van der Waals surface area contributed by atoms with E-state index in [0.717, 1.165) is 16.3 Å². The number of nitrogens with one attached hydrogen (secondary N) is 1. The highest BCUT2D eigenvalue weighted by atomic mass is 16.4. The Bertz CT molecular complexity index is 725. The van der Waals surface area contributed by atoms with E-state index >= 15 is 0 Å². The van der Waals surface area contributed by atoms with E-state index in [1.807, 2.05) is 50.3 Å². The Hall–Kier alpha value is -2.62. The zero-order valence-corrected chi connectivity index (χ0v) is 12.7. The summed E-state index contributed by atoms with van der Waals surface area (Å²) in [6.45, 7) is 3.79. The summed E-state index contributed by atoms with van der Waals surface area (Å²) in [5.41, 5.74) is 1.51. The molecule has 0 bridgehead atoms. The summed E-state index contributed by atoms with van der Waals surface area (Å²) in [5, 5.41) is 13.6. The van der Waals surface area contributed by atoms with Gasteiger partial charge >= 0.3 is 5.97 Å². The Balaban J connectivity index is 2.26. The third-order valence-electron chi connectivity index (χ3n) is 3.40. The van der Waals surface area contributed by atoms with Crippen molar-refractivity contribution < 1.29 is 14.7 Å². The standard InChI is InChI=1S/C18H19NO3/c1-12(2)10-11-16(18(21)22)19-17(20)15-9-5-7-13-6-3-4-8-14(13)15/h3-10,16H,11H2,1-2H3,(H,19,20)(H,21,22)/t16-/m0/s1. The van der Waals surface area contributed by atoms with Gasteiger partial charge in [-0.25, -0.2) is 4.79 Å². The lowest BCUT2D eigenvalue weighted by Crippen LogP contribution is -2.40. The number of carboxylic acids is 1. The minimum absolute atomic E-state index is 0.272. The van der Waals surface area contributed by atoms with Crippen LogP contribution in [0.2, 0.25) is 0 Å². The number of amides is 1. The van der Waals surface area contributed by atoms with E-state index in [2.05, 4.69) is 5.32 Å². The maximum absolute atomic E-state index is 12.4. The number of carbonyl (C=O) groups is 2. The molecule has 0 fully saturated rings. The molecule has 0 radical (unpaired) electrons. The first-order chi connectivity index (χ1) is 10.5. The fourth-order valence-corrected chi connectivity index (χ4v) is 2.23. The second kappa shape index (κ2) is 6.89. The van der Waals surface area contributed by atoms with Gasteiger partial charge in [-0.1, -0.05) is 48.0 Å². The van der Waals surface area contributed by atoms with Gasteiger partial charge in [0.25, 0.3) is 5.91 Å². The Kier molecular flexibility index (Phi) is 4.94. The molecule has 2 aromatic carbocycles. The van der Waals surface area contributed by atoms with Crippen LogP contribution in [0.3, 0.4) is 0 Å². The molecule has 0 aliphatic rings. The van der Waals surface area contributed by atoms with Gasteiger partial charge in [0.1, 0.15) is 6.04 Å². The normalized spacial score (nSPS) is 11.7. The minimum Gasteiger partial charge on any atom is -0.480 e. The van der Waals surface area contributed by atoms with Gasteiger partial charge in [-0.15, -0.1) is 0 Å². The van der Waals surface area contributed by atoms with Gasteiger partial charge in [0.05, 0.1) is 0 Å². The van der Waals surface area contributed by atoms with Crippen LogP contribution in [0.1, 0.15) is 30.6 Å². The predicted octanol–water partition coefficient (Wildman–Crippen LogP) is 3.38. The summed E-state index contributed by atoms with van der Waals surface area (Å²) < 4.78 is 0. The van der Waals surface area contributed by atoms with Crippen molar-refractivity contribution in [2.24, 2.45) is 0 Å². The second-order valence-electron chi connectivity index (χ2n) is 5.41. The van der Waals surface area contributed by atoms with Crippen LogP contribution in [-0.2, 0) is 4.79 Å². The second-order valence-corrected chi connectivity index (χ2v) is 5.41. The lowest BCUT2D eigenvalue weighted by atomic mass is 10.0. The van der Waals surface area contributed by atoms with Crippen molar-refractivity contribution >= 4 is 22.6 Å². The fraction of sp³-hybridized carbons (Fsp3) is 0.222. The molecule has 0 aliphatic carbocycles. The lowest BCUT2D eigenvalue weighted by molar-refractivity contribution is -0.139. The van der Waals surface area contributed by atoms with Crippen LogP contribution in [0.5, 0.6) is 0 Å². The van der Waals surface area contributed by atoms with E-state index in [1.54, 1.807) is 12.1 Å². The summed E-state index contributed by atoms with van der Waals surface area (Å²) in [6, 6.07) is 12.0. The van der Waals surface area contributed by atoms with Crippen LogP contribution >= 0.6 is 0 Å². The highest BCUT2D eigenvalue weighted by Gasteiger charge is 2.20. The molecule has 22 heavy (non-hydrogen) atoms. The summed E-state index contributed by atoms with van der Waals surface area (Å²) in [5.74, 6) is -1.41. The summed E-state index contributed by atoms with van der Waals surface area (Å²) in [6.07, 6.45) is 2.08. The third-order valence-corrected chi connectivity index (χ3v) is 3.40. The topological polar surface area (TPSA) is 66.4 Å². The zero-order chi connectivity index (χ0) is 16.1. The van der Waals surface area contributed by atoms with Crippen LogP contribution in [0.15, 0.2) is 54.1 Å². The molecule has 2 N–H and O–H groups in total. The molecule has 0 heterocycles. The monoisotopic (exact) mass is 297 g/mol. The van der Waals surface area contributed by atoms with Gasteiger partial charge in [0, 0.05) is 5.56 Å². The number of rotatable bonds is 5. The Labute approximate surface area is 129 Å². The highest BCUT2D eigenvalue weighted by Crippen LogP contribution is 2.18. The first-order valence-electron chi connectivity index (χ1n) is 7.14. The Morgan fingerprint density at radius 2 is 1.82 bits per heavy atom. The number of carbonyl (C=O) groups excluding carboxylic acids is 1. The largest absolute Gasteiger partial charge is 0.480 e. The smallest absolute Gasteiger partial charge is 0.326 e. The van der Waals surface area contributed by atoms with Crippen LogP contribution in [0.25, 0.3) is 10.8 Å². The van der Waals surface area contributed by atoms with Gasteiger partial charge in [0.2, 0.25) is 0 Å². The molecule has 1 atom stereocenters. The van der Waals surface area contributed by atoms with Crippen molar-refractivity contribution in [2.45, 2.75) is 26.3 Å². The SMILES string of the molecule is CC(C)=CC[C@H](NC(=O)c1cccc2ccccc12)C(=O)O. The molecule has 4 heteroatoms. The molecule has 0 saturated heterocycles. The van der Waals surface area contributed by atoms with Gasteiger partial charge in [-0.3, -0.25) is 4.79 Å². The number of fused-ring (bicyclic) bond motifs is 1. The molecule has 0 aliphatic heterocycles. The fourth-order valence-electron chi connectivity index (χ4n) is 2.23. The van der Waals surface area contributed by atoms with E-state index in [0.29, 0.717) is 5.56 Å². The quantitative estimate of drug-likeness (QED) is 0.831. The average Bonchev–Trinajstić information content (AvgIpc) is 2.50. The molecule has 0 saturated carbocycles. The number of carboxylic acid groups (broad SMARTS) is 1. The Morgan fingerprint density at radius 1 is 1.14 bits per heavy atom. The van der Waals surface area contributed by atoms with Crippen molar-refractivity contribution in [2.75, 3.05) is 0 Å². The van der Waals surface area contributed by atoms with Gasteiger partial charge in [-0.2, -0.15) is 0 Å². The van der Waals surface area contributed by atoms with Crippen LogP contribution < -0.4 is 5.32 Å². The van der Waals surface area contributed by atoms with Gasteiger partial charge < -0.3 is 10.4 Å². The number of hydrogen-bond acceptors (Lipinski definition) is 2. The highest BCUT2D eigenvalue weighted by molar-refractivity contribution is 6.07. The molecule has 0 unspecified atom stereocenters. The van der Waals surface area contributed by atoms with Crippen LogP contribution in [0.4, 0.5) is 0 Å². The number of allylic oxidation sites excluding steroid dienone is 1. The maximum atomic E-state index is 12.4. The van der Waals surface area contributed by atoms with Gasteiger partial charge in [0.15, 0.2) is 0 Å². The minimum atomic E-state index is -1.04. The molecule has 0 aromatic heterocycles. The lowest BCUT2D eigenvalue weighted by Gasteiger charge is -2.14. The zero-order valence-electron chi connectivity index (χ0n) is 12.7. The number of aliphatic carboxylic acids is 1. The molecular formula is C18H19NO3. The summed E-state index contributed by atoms with van der Waals surface area (Å²) in [4.78, 5) is 23.7. The molecule has 1 amide bonds. The Morgan fingerprint density at radius 3 is 2.50 bits per heavy atom.